The van der Waals surface area contributed by atoms with Crippen LogP contribution in [-0.4, -0.2) is 39.5 Å². The Morgan fingerprint density at radius 1 is 1.18 bits per heavy atom. The lowest BCUT2D eigenvalue weighted by Gasteiger charge is -2.27. The van der Waals surface area contributed by atoms with Crippen molar-refractivity contribution < 1.29 is 8.78 Å². The summed E-state index contributed by atoms with van der Waals surface area (Å²) in [6, 6.07) is 0. The van der Waals surface area contributed by atoms with E-state index in [2.05, 4.69) is 20.1 Å². The third-order valence-electron chi connectivity index (χ3n) is 4.86. The van der Waals surface area contributed by atoms with E-state index in [0.717, 1.165) is 42.7 Å². The fourth-order valence-corrected chi connectivity index (χ4v) is 4.45. The predicted octanol–water partition coefficient (Wildman–Crippen LogP) is 3.20. The highest BCUT2D eigenvalue weighted by Gasteiger charge is 2.35. The Bertz CT molecular complexity index is 490. The van der Waals surface area contributed by atoms with E-state index >= 15 is 0 Å². The second kappa shape index (κ2) is 6.83. The SMILES string of the molecule is Cn1c(SCC2CCC(F)(F)CC2)nnc1C1CCNCC1. The second-order valence-corrected chi connectivity index (χ2v) is 7.52. The van der Waals surface area contributed by atoms with Gasteiger partial charge in [-0.3, -0.25) is 0 Å². The van der Waals surface area contributed by atoms with E-state index in [9.17, 15) is 8.78 Å². The molecule has 1 saturated carbocycles. The molecule has 1 aliphatic carbocycles. The first-order valence-corrected chi connectivity index (χ1v) is 9.14. The summed E-state index contributed by atoms with van der Waals surface area (Å²) >= 11 is 1.67. The first-order chi connectivity index (χ1) is 10.6. The van der Waals surface area contributed by atoms with E-state index < -0.39 is 5.92 Å². The molecule has 1 aromatic rings. The summed E-state index contributed by atoms with van der Waals surface area (Å²) in [5.41, 5.74) is 0. The van der Waals surface area contributed by atoms with Gasteiger partial charge in [-0.2, -0.15) is 0 Å². The topological polar surface area (TPSA) is 42.7 Å². The van der Waals surface area contributed by atoms with Crippen molar-refractivity contribution >= 4 is 11.8 Å². The molecule has 0 unspecified atom stereocenters. The zero-order valence-electron chi connectivity index (χ0n) is 13.0. The van der Waals surface area contributed by atoms with Crippen LogP contribution in [0.1, 0.15) is 50.3 Å². The van der Waals surface area contributed by atoms with Gasteiger partial charge in [0.2, 0.25) is 5.92 Å². The van der Waals surface area contributed by atoms with Crippen LogP contribution in [0.3, 0.4) is 0 Å². The molecular formula is C15H24F2N4S. The zero-order valence-corrected chi connectivity index (χ0v) is 13.8. The molecule has 0 spiro atoms. The van der Waals surface area contributed by atoms with Crippen LogP contribution < -0.4 is 5.32 Å². The molecule has 0 aromatic carbocycles. The van der Waals surface area contributed by atoms with E-state index in [-0.39, 0.29) is 12.8 Å². The van der Waals surface area contributed by atoms with Crippen LogP contribution in [0, 0.1) is 5.92 Å². The minimum atomic E-state index is -2.44. The summed E-state index contributed by atoms with van der Waals surface area (Å²) in [5.74, 6) is 0.367. The standard InChI is InChI=1S/C15H24F2N4S/c1-21-13(12-4-8-18-9-5-12)19-20-14(21)22-10-11-2-6-15(16,17)7-3-11/h11-12,18H,2-10H2,1H3. The molecule has 1 aromatic heterocycles. The number of hydrogen-bond donors (Lipinski definition) is 1. The Kier molecular flexibility index (Phi) is 5.02. The lowest BCUT2D eigenvalue weighted by atomic mass is 9.88. The van der Waals surface area contributed by atoms with Gasteiger partial charge in [-0.1, -0.05) is 11.8 Å². The fraction of sp³-hybridized carbons (Fsp3) is 0.867. The molecule has 2 fully saturated rings. The van der Waals surface area contributed by atoms with E-state index in [0.29, 0.717) is 24.7 Å². The number of nitrogens with zero attached hydrogens (tertiary/aromatic N) is 3. The number of rotatable bonds is 4. The van der Waals surface area contributed by atoms with Crippen molar-refractivity contribution in [1.82, 2.24) is 20.1 Å². The summed E-state index contributed by atoms with van der Waals surface area (Å²) in [5, 5.41) is 13.0. The molecule has 0 amide bonds. The molecule has 4 nitrogen and oxygen atoms in total. The van der Waals surface area contributed by atoms with Gasteiger partial charge in [0.1, 0.15) is 5.82 Å². The Hall–Kier alpha value is -0.690. The van der Waals surface area contributed by atoms with Crippen LogP contribution in [-0.2, 0) is 7.05 Å². The van der Waals surface area contributed by atoms with Crippen LogP contribution in [0.4, 0.5) is 8.78 Å². The van der Waals surface area contributed by atoms with Crippen LogP contribution >= 0.6 is 11.8 Å². The Labute approximate surface area is 134 Å². The maximum Gasteiger partial charge on any atom is 0.248 e. The summed E-state index contributed by atoms with van der Waals surface area (Å²) in [6.45, 7) is 2.08. The Morgan fingerprint density at radius 3 is 2.55 bits per heavy atom. The van der Waals surface area contributed by atoms with E-state index in [4.69, 9.17) is 0 Å². The maximum atomic E-state index is 13.2. The van der Waals surface area contributed by atoms with Crippen LogP contribution in [0.5, 0.6) is 0 Å². The Balaban J connectivity index is 1.54. The van der Waals surface area contributed by atoms with Crippen molar-refractivity contribution in [2.45, 2.75) is 55.5 Å². The summed E-state index contributed by atoms with van der Waals surface area (Å²) < 4.78 is 28.4. The minimum absolute atomic E-state index is 0.0391. The molecule has 124 valence electrons. The normalized spacial score (nSPS) is 23.8. The molecule has 1 N–H and O–H groups in total. The third-order valence-corrected chi connectivity index (χ3v) is 6.11. The van der Waals surface area contributed by atoms with Crippen molar-refractivity contribution in [2.75, 3.05) is 18.8 Å². The van der Waals surface area contributed by atoms with Crippen LogP contribution in [0.15, 0.2) is 5.16 Å². The Morgan fingerprint density at radius 2 is 1.86 bits per heavy atom. The highest BCUT2D eigenvalue weighted by molar-refractivity contribution is 7.99. The predicted molar refractivity (Wildman–Crippen MR) is 83.5 cm³/mol. The van der Waals surface area contributed by atoms with Gasteiger partial charge in [-0.25, -0.2) is 8.78 Å². The molecule has 0 atom stereocenters. The van der Waals surface area contributed by atoms with E-state index in [1.165, 1.54) is 0 Å². The minimum Gasteiger partial charge on any atom is -0.317 e. The van der Waals surface area contributed by atoms with Crippen molar-refractivity contribution in [3.8, 4) is 0 Å². The largest absolute Gasteiger partial charge is 0.317 e. The van der Waals surface area contributed by atoms with Gasteiger partial charge < -0.3 is 9.88 Å². The first kappa shape index (κ1) is 16.2. The molecular weight excluding hydrogens is 306 g/mol. The summed E-state index contributed by atoms with van der Waals surface area (Å²) in [4.78, 5) is 0. The van der Waals surface area contributed by atoms with E-state index in [1.54, 1.807) is 11.8 Å². The molecule has 3 rings (SSSR count). The van der Waals surface area contributed by atoms with E-state index in [1.807, 2.05) is 7.05 Å². The second-order valence-electron chi connectivity index (χ2n) is 6.53. The molecule has 2 heterocycles. The number of nitrogens with one attached hydrogen (secondary N) is 1. The number of alkyl halides is 2. The van der Waals surface area contributed by atoms with Gasteiger partial charge in [-0.15, -0.1) is 10.2 Å². The maximum absolute atomic E-state index is 13.2. The molecule has 22 heavy (non-hydrogen) atoms. The smallest absolute Gasteiger partial charge is 0.248 e. The van der Waals surface area contributed by atoms with Gasteiger partial charge in [0.15, 0.2) is 5.16 Å². The highest BCUT2D eigenvalue weighted by atomic mass is 32.2. The third kappa shape index (κ3) is 3.79. The van der Waals surface area contributed by atoms with Crippen molar-refractivity contribution in [3.63, 3.8) is 0 Å². The van der Waals surface area contributed by atoms with Crippen LogP contribution in [0.2, 0.25) is 0 Å². The van der Waals surface area contributed by atoms with Gasteiger partial charge in [-0.05, 0) is 44.7 Å². The molecule has 0 bridgehead atoms. The number of aromatic nitrogens is 3. The molecule has 1 saturated heterocycles. The lowest BCUT2D eigenvalue weighted by Crippen LogP contribution is -2.28. The summed E-state index contributed by atoms with van der Waals surface area (Å²) in [7, 11) is 2.02. The number of halogens is 2. The average Bonchev–Trinajstić information content (AvgIpc) is 2.88. The molecule has 2 aliphatic rings. The summed E-state index contributed by atoms with van der Waals surface area (Å²) in [6.07, 6.45) is 3.54. The monoisotopic (exact) mass is 330 g/mol. The number of hydrogen-bond acceptors (Lipinski definition) is 4. The number of piperidine rings is 1. The van der Waals surface area contributed by atoms with Gasteiger partial charge >= 0.3 is 0 Å². The molecule has 1 aliphatic heterocycles. The lowest BCUT2D eigenvalue weighted by molar-refractivity contribution is -0.0433. The number of thioether (sulfide) groups is 1. The zero-order chi connectivity index (χ0) is 15.6. The fourth-order valence-electron chi connectivity index (χ4n) is 3.35. The van der Waals surface area contributed by atoms with Gasteiger partial charge in [0.05, 0.1) is 0 Å². The van der Waals surface area contributed by atoms with Gasteiger partial charge in [0.25, 0.3) is 0 Å². The molecule has 7 heteroatoms. The quantitative estimate of drug-likeness (QED) is 0.861. The van der Waals surface area contributed by atoms with Crippen molar-refractivity contribution in [3.05, 3.63) is 5.82 Å². The van der Waals surface area contributed by atoms with Crippen LogP contribution in [0.25, 0.3) is 0 Å². The molecule has 0 radical (unpaired) electrons. The first-order valence-electron chi connectivity index (χ1n) is 8.16. The van der Waals surface area contributed by atoms with Crippen molar-refractivity contribution in [2.24, 2.45) is 13.0 Å². The average molecular weight is 330 g/mol. The van der Waals surface area contributed by atoms with Gasteiger partial charge in [0, 0.05) is 31.6 Å². The highest BCUT2D eigenvalue weighted by Crippen LogP contribution is 2.38. The van der Waals surface area contributed by atoms with Crippen molar-refractivity contribution in [1.29, 1.82) is 0 Å².